The molecule has 0 spiro atoms. The van der Waals surface area contributed by atoms with Crippen molar-refractivity contribution in [2.24, 2.45) is 23.7 Å². The number of nitrogens with zero attached hydrogens (tertiary/aromatic N) is 1. The van der Waals surface area contributed by atoms with Crippen LogP contribution in [0, 0.1) is 30.6 Å². The van der Waals surface area contributed by atoms with Gasteiger partial charge in [-0.3, -0.25) is 0 Å². The van der Waals surface area contributed by atoms with Crippen molar-refractivity contribution >= 4 is 11.3 Å². The number of allylic oxidation sites excluding steroid dienone is 4. The molecular formula is C28H43N. The van der Waals surface area contributed by atoms with E-state index in [1.165, 1.54) is 54.5 Å². The van der Waals surface area contributed by atoms with Crippen LogP contribution in [0.25, 0.3) is 5.57 Å². The lowest BCUT2D eigenvalue weighted by Gasteiger charge is -2.32. The quantitative estimate of drug-likeness (QED) is 0.271. The Morgan fingerprint density at radius 1 is 1.10 bits per heavy atom. The van der Waals surface area contributed by atoms with E-state index in [9.17, 15) is 0 Å². The highest BCUT2D eigenvalue weighted by atomic mass is 15.1. The predicted molar refractivity (Wildman–Crippen MR) is 131 cm³/mol. The Balaban J connectivity index is 2.04. The summed E-state index contributed by atoms with van der Waals surface area (Å²) in [5, 5.41) is 0. The first-order valence-electron chi connectivity index (χ1n) is 11.6. The molecule has 0 heterocycles. The van der Waals surface area contributed by atoms with Crippen LogP contribution in [-0.2, 0) is 0 Å². The third kappa shape index (κ3) is 6.11. The number of anilines is 1. The molecule has 0 radical (unpaired) electrons. The lowest BCUT2D eigenvalue weighted by molar-refractivity contribution is 0.296. The Kier molecular flexibility index (Phi) is 8.80. The first-order valence-corrected chi connectivity index (χ1v) is 11.6. The molecule has 29 heavy (non-hydrogen) atoms. The van der Waals surface area contributed by atoms with Crippen LogP contribution in [0.2, 0.25) is 0 Å². The van der Waals surface area contributed by atoms with Gasteiger partial charge < -0.3 is 4.90 Å². The molecule has 1 aliphatic carbocycles. The van der Waals surface area contributed by atoms with E-state index < -0.39 is 0 Å². The minimum atomic E-state index is 0.547. The fourth-order valence-electron chi connectivity index (χ4n) is 4.43. The van der Waals surface area contributed by atoms with E-state index >= 15 is 0 Å². The standard InChI is InChI=1S/C28H43N/c1-9-20(4)21(5)12-13-23(7)29(8)28-15-14-27(16-22(28)6)26(11-3)19-25-17-24(10-2)18-25/h10-11,14-16,19-21,23-25H,2-3,9,12-13,17-18H2,1,4-8H3/b26-19+. The van der Waals surface area contributed by atoms with E-state index in [0.717, 1.165) is 11.8 Å². The van der Waals surface area contributed by atoms with E-state index in [0.29, 0.717) is 17.9 Å². The Bertz CT molecular complexity index is 707. The first-order chi connectivity index (χ1) is 13.8. The minimum absolute atomic E-state index is 0.547. The number of aryl methyl sites for hydroxylation is 1. The zero-order valence-corrected chi connectivity index (χ0v) is 19.7. The molecule has 0 aromatic heterocycles. The Morgan fingerprint density at radius 3 is 2.34 bits per heavy atom. The van der Waals surface area contributed by atoms with Gasteiger partial charge in [0, 0.05) is 18.8 Å². The van der Waals surface area contributed by atoms with Gasteiger partial charge in [-0.1, -0.05) is 58.1 Å². The second-order valence-electron chi connectivity index (χ2n) is 9.45. The van der Waals surface area contributed by atoms with Crippen LogP contribution in [0.15, 0.2) is 49.6 Å². The molecule has 0 bridgehead atoms. The van der Waals surface area contributed by atoms with E-state index in [1.807, 2.05) is 6.08 Å². The average Bonchev–Trinajstić information content (AvgIpc) is 2.69. The number of rotatable bonds is 11. The van der Waals surface area contributed by atoms with Crippen molar-refractivity contribution in [2.45, 2.75) is 72.8 Å². The smallest absolute Gasteiger partial charge is 0.0396 e. The van der Waals surface area contributed by atoms with Gasteiger partial charge in [-0.2, -0.15) is 0 Å². The summed E-state index contributed by atoms with van der Waals surface area (Å²) in [6.07, 6.45) is 12.8. The third-order valence-corrected chi connectivity index (χ3v) is 7.41. The van der Waals surface area contributed by atoms with Crippen LogP contribution in [0.3, 0.4) is 0 Å². The maximum atomic E-state index is 4.07. The van der Waals surface area contributed by atoms with Crippen molar-refractivity contribution in [3.8, 4) is 0 Å². The zero-order valence-electron chi connectivity index (χ0n) is 19.7. The second kappa shape index (κ2) is 10.9. The average molecular weight is 394 g/mol. The molecule has 0 aliphatic heterocycles. The molecule has 1 saturated carbocycles. The van der Waals surface area contributed by atoms with Crippen LogP contribution >= 0.6 is 0 Å². The Labute approximate surface area is 180 Å². The molecule has 2 rings (SSSR count). The van der Waals surface area contributed by atoms with Crippen molar-refractivity contribution < 1.29 is 0 Å². The molecule has 3 atom stereocenters. The maximum Gasteiger partial charge on any atom is 0.0396 e. The molecule has 1 aromatic rings. The van der Waals surface area contributed by atoms with Gasteiger partial charge in [-0.05, 0) is 92.0 Å². The van der Waals surface area contributed by atoms with Gasteiger partial charge >= 0.3 is 0 Å². The monoisotopic (exact) mass is 393 g/mol. The van der Waals surface area contributed by atoms with Crippen LogP contribution in [0.4, 0.5) is 5.69 Å². The van der Waals surface area contributed by atoms with Crippen LogP contribution < -0.4 is 4.90 Å². The summed E-state index contributed by atoms with van der Waals surface area (Å²) in [5.41, 5.74) is 5.24. The fraction of sp³-hybridized carbons (Fsp3) is 0.571. The third-order valence-electron chi connectivity index (χ3n) is 7.41. The molecule has 1 fully saturated rings. The molecule has 160 valence electrons. The molecule has 3 unspecified atom stereocenters. The van der Waals surface area contributed by atoms with Gasteiger partial charge in [-0.25, -0.2) is 0 Å². The molecule has 1 nitrogen and oxygen atoms in total. The molecule has 0 saturated heterocycles. The zero-order chi connectivity index (χ0) is 21.6. The van der Waals surface area contributed by atoms with Crippen molar-refractivity contribution in [1.29, 1.82) is 0 Å². The molecular weight excluding hydrogens is 350 g/mol. The molecule has 1 aliphatic rings. The topological polar surface area (TPSA) is 3.24 Å². The van der Waals surface area contributed by atoms with Crippen LogP contribution in [0.1, 0.15) is 70.9 Å². The summed E-state index contributed by atoms with van der Waals surface area (Å²) in [6, 6.07) is 7.44. The normalized spacial score (nSPS) is 22.3. The molecule has 1 aromatic carbocycles. The van der Waals surface area contributed by atoms with Crippen molar-refractivity contribution in [1.82, 2.24) is 0 Å². The summed E-state index contributed by atoms with van der Waals surface area (Å²) in [7, 11) is 2.24. The van der Waals surface area contributed by atoms with Gasteiger partial charge in [0.05, 0.1) is 0 Å². The fourth-order valence-corrected chi connectivity index (χ4v) is 4.43. The van der Waals surface area contributed by atoms with Crippen molar-refractivity contribution in [2.75, 3.05) is 11.9 Å². The maximum absolute atomic E-state index is 4.07. The van der Waals surface area contributed by atoms with Gasteiger partial charge in [-0.15, -0.1) is 6.58 Å². The van der Waals surface area contributed by atoms with E-state index in [4.69, 9.17) is 0 Å². The SMILES string of the molecule is C=C/C(=C\C1CC(C=C)C1)c1ccc(N(C)C(C)CCC(C)C(C)CC)c(C)c1. The van der Waals surface area contributed by atoms with Gasteiger partial charge in [0.15, 0.2) is 0 Å². The summed E-state index contributed by atoms with van der Waals surface area (Å²) >= 11 is 0. The highest BCUT2D eigenvalue weighted by Gasteiger charge is 2.25. The molecule has 1 heteroatoms. The van der Waals surface area contributed by atoms with E-state index in [-0.39, 0.29) is 0 Å². The lowest BCUT2D eigenvalue weighted by Crippen LogP contribution is -2.30. The summed E-state index contributed by atoms with van der Waals surface area (Å²) in [4.78, 5) is 2.46. The van der Waals surface area contributed by atoms with E-state index in [1.54, 1.807) is 0 Å². The van der Waals surface area contributed by atoms with Gasteiger partial charge in [0.1, 0.15) is 0 Å². The van der Waals surface area contributed by atoms with Crippen molar-refractivity contribution in [3.63, 3.8) is 0 Å². The highest BCUT2D eigenvalue weighted by molar-refractivity contribution is 5.76. The van der Waals surface area contributed by atoms with E-state index in [2.05, 4.69) is 90.1 Å². The van der Waals surface area contributed by atoms with Gasteiger partial charge in [0.25, 0.3) is 0 Å². The van der Waals surface area contributed by atoms with Crippen molar-refractivity contribution in [3.05, 3.63) is 60.7 Å². The van der Waals surface area contributed by atoms with Gasteiger partial charge in [0.2, 0.25) is 0 Å². The van der Waals surface area contributed by atoms with Crippen LogP contribution in [0.5, 0.6) is 0 Å². The molecule has 0 amide bonds. The largest absolute Gasteiger partial charge is 0.372 e. The Hall–Kier alpha value is -1.76. The Morgan fingerprint density at radius 2 is 1.79 bits per heavy atom. The summed E-state index contributed by atoms with van der Waals surface area (Å²) < 4.78 is 0. The number of hydrogen-bond acceptors (Lipinski definition) is 1. The highest BCUT2D eigenvalue weighted by Crippen LogP contribution is 2.37. The summed E-state index contributed by atoms with van der Waals surface area (Å²) in [5.74, 6) is 2.98. The van der Waals surface area contributed by atoms with Crippen LogP contribution in [-0.4, -0.2) is 13.1 Å². The predicted octanol–water partition coefficient (Wildman–Crippen LogP) is 8.06. The first kappa shape index (κ1) is 23.5. The lowest BCUT2D eigenvalue weighted by atomic mass is 9.74. The number of hydrogen-bond donors (Lipinski definition) is 0. The number of benzene rings is 1. The second-order valence-corrected chi connectivity index (χ2v) is 9.45. The molecule has 0 N–H and O–H groups in total. The summed E-state index contributed by atoms with van der Waals surface area (Å²) in [6.45, 7) is 19.7. The minimum Gasteiger partial charge on any atom is -0.372 e.